The van der Waals surface area contributed by atoms with Gasteiger partial charge in [-0.25, -0.2) is 18.4 Å². The number of anilines is 2. The summed E-state index contributed by atoms with van der Waals surface area (Å²) in [6.07, 6.45) is 9.23. The summed E-state index contributed by atoms with van der Waals surface area (Å²) in [4.78, 5) is 20.2. The predicted molar refractivity (Wildman–Crippen MR) is 150 cm³/mol. The normalized spacial score (nSPS) is 15.3. The third-order valence-corrected chi connectivity index (χ3v) is 8.94. The van der Waals surface area contributed by atoms with Crippen LogP contribution in [0.15, 0.2) is 66.2 Å². The molecule has 3 N–H and O–H groups in total. The number of hydrogen-bond donors (Lipinski definition) is 2. The summed E-state index contributed by atoms with van der Waals surface area (Å²) < 4.78 is 30.6. The van der Waals surface area contributed by atoms with Crippen LogP contribution in [0, 0.1) is 17.2 Å². The summed E-state index contributed by atoms with van der Waals surface area (Å²) in [5.74, 6) is 0.135. The number of carbonyl (C=O) groups is 1. The Balaban J connectivity index is 1.23. The van der Waals surface area contributed by atoms with E-state index in [1.807, 2.05) is 6.20 Å². The van der Waals surface area contributed by atoms with Gasteiger partial charge in [-0.1, -0.05) is 0 Å². The van der Waals surface area contributed by atoms with E-state index in [4.69, 9.17) is 5.73 Å². The summed E-state index contributed by atoms with van der Waals surface area (Å²) in [6.45, 7) is 0.824. The van der Waals surface area contributed by atoms with Crippen molar-refractivity contribution in [2.24, 2.45) is 18.7 Å². The van der Waals surface area contributed by atoms with Gasteiger partial charge in [-0.15, -0.1) is 0 Å². The molecule has 0 bridgehead atoms. The third-order valence-electron chi connectivity index (χ3n) is 7.15. The Bertz CT molecular complexity index is 1670. The van der Waals surface area contributed by atoms with Gasteiger partial charge in [-0.05, 0) is 61.6 Å². The van der Waals surface area contributed by atoms with Crippen molar-refractivity contribution in [2.75, 3.05) is 18.4 Å². The highest BCUT2D eigenvalue weighted by Gasteiger charge is 2.32. The lowest BCUT2D eigenvalue weighted by Crippen LogP contribution is -2.39. The molecular weight excluding hydrogens is 544 g/mol. The number of amides is 1. The number of benzene rings is 1. The lowest BCUT2D eigenvalue weighted by atomic mass is 9.90. The van der Waals surface area contributed by atoms with Gasteiger partial charge in [-0.3, -0.25) is 14.2 Å². The molecule has 1 aliphatic rings. The van der Waals surface area contributed by atoms with Gasteiger partial charge in [0.2, 0.25) is 11.9 Å². The predicted octanol–water partition coefficient (Wildman–Crippen LogP) is 2.86. The van der Waals surface area contributed by atoms with Crippen LogP contribution in [0.1, 0.15) is 42.1 Å². The number of nitrogens with one attached hydrogen (secondary N) is 1. The van der Waals surface area contributed by atoms with Crippen molar-refractivity contribution >= 4 is 27.6 Å². The number of nitriles is 1. The fraction of sp³-hybridized carbons (Fsp3) is 0.333. The molecule has 1 amide bonds. The van der Waals surface area contributed by atoms with Crippen LogP contribution in [0.25, 0.3) is 11.3 Å². The minimum atomic E-state index is -3.62. The molecule has 1 saturated heterocycles. The van der Waals surface area contributed by atoms with E-state index in [1.54, 1.807) is 60.7 Å². The Morgan fingerprint density at radius 1 is 1.20 bits per heavy atom. The Morgan fingerprint density at radius 3 is 2.61 bits per heavy atom. The highest BCUT2D eigenvalue weighted by Crippen LogP contribution is 2.31. The maximum absolute atomic E-state index is 12.9. The average Bonchev–Trinajstić information content (AvgIpc) is 3.64. The molecule has 4 heterocycles. The fourth-order valence-electron chi connectivity index (χ4n) is 4.92. The first-order chi connectivity index (χ1) is 19.7. The maximum Gasteiger partial charge on any atom is 0.262 e. The first kappa shape index (κ1) is 27.9. The molecule has 4 aromatic rings. The van der Waals surface area contributed by atoms with Crippen molar-refractivity contribution in [2.45, 2.75) is 36.8 Å². The smallest absolute Gasteiger partial charge is 0.262 e. The van der Waals surface area contributed by atoms with Gasteiger partial charge < -0.3 is 11.1 Å². The molecule has 212 valence electrons. The second kappa shape index (κ2) is 11.9. The van der Waals surface area contributed by atoms with Crippen molar-refractivity contribution in [3.8, 4) is 17.3 Å². The largest absolute Gasteiger partial charge is 0.366 e. The molecular formula is C27H30N10O3S. The van der Waals surface area contributed by atoms with Crippen molar-refractivity contribution in [1.82, 2.24) is 33.8 Å². The van der Waals surface area contributed by atoms with Gasteiger partial charge in [0.25, 0.3) is 10.0 Å². The molecule has 41 heavy (non-hydrogen) atoms. The van der Waals surface area contributed by atoms with Crippen LogP contribution in [-0.4, -0.2) is 61.2 Å². The van der Waals surface area contributed by atoms with Crippen molar-refractivity contribution in [1.29, 1.82) is 5.26 Å². The lowest BCUT2D eigenvalue weighted by molar-refractivity contribution is 0.100. The summed E-state index contributed by atoms with van der Waals surface area (Å²) in [6, 6.07) is 12.1. The number of aromatic nitrogens is 6. The van der Waals surface area contributed by atoms with E-state index in [2.05, 4.69) is 31.6 Å². The number of primary amides is 1. The van der Waals surface area contributed by atoms with E-state index in [-0.39, 0.29) is 23.4 Å². The maximum atomic E-state index is 12.9. The number of hydrogen-bond acceptors (Lipinski definition) is 9. The Hall–Kier alpha value is -4.61. The van der Waals surface area contributed by atoms with E-state index < -0.39 is 15.9 Å². The van der Waals surface area contributed by atoms with Gasteiger partial charge in [0, 0.05) is 55.5 Å². The van der Waals surface area contributed by atoms with Crippen LogP contribution in [0.2, 0.25) is 0 Å². The van der Waals surface area contributed by atoms with Crippen molar-refractivity contribution in [3.63, 3.8) is 0 Å². The molecule has 1 aromatic carbocycles. The summed E-state index contributed by atoms with van der Waals surface area (Å²) in [7, 11) is -1.93. The lowest BCUT2D eigenvalue weighted by Gasteiger charge is -2.32. The fourth-order valence-corrected chi connectivity index (χ4v) is 6.34. The molecule has 1 fully saturated rings. The number of piperidine rings is 1. The van der Waals surface area contributed by atoms with E-state index in [0.717, 1.165) is 5.56 Å². The van der Waals surface area contributed by atoms with Crippen LogP contribution in [0.3, 0.4) is 0 Å². The molecule has 0 radical (unpaired) electrons. The number of aryl methyl sites for hydroxylation is 1. The molecule has 3 aromatic heterocycles. The third kappa shape index (κ3) is 6.42. The number of nitrogens with two attached hydrogens (primary N) is 1. The van der Waals surface area contributed by atoms with Crippen molar-refractivity contribution < 1.29 is 13.2 Å². The minimum absolute atomic E-state index is 0.0638. The van der Waals surface area contributed by atoms with Crippen LogP contribution in [0.4, 0.5) is 11.6 Å². The zero-order valence-corrected chi connectivity index (χ0v) is 23.3. The molecule has 14 heteroatoms. The number of sulfonamides is 1. The Morgan fingerprint density at radius 2 is 1.95 bits per heavy atom. The van der Waals surface area contributed by atoms with Gasteiger partial charge in [-0.2, -0.15) is 19.8 Å². The minimum Gasteiger partial charge on any atom is -0.366 e. The Labute approximate surface area is 237 Å². The summed E-state index contributed by atoms with van der Waals surface area (Å²) in [5, 5.41) is 21.3. The summed E-state index contributed by atoms with van der Waals surface area (Å²) >= 11 is 0. The second-order valence-electron chi connectivity index (χ2n) is 9.97. The first-order valence-corrected chi connectivity index (χ1v) is 14.6. The van der Waals surface area contributed by atoms with E-state index in [0.29, 0.717) is 55.2 Å². The average molecular weight is 575 g/mol. The molecule has 1 unspecified atom stereocenters. The van der Waals surface area contributed by atoms with Crippen LogP contribution < -0.4 is 11.1 Å². The molecule has 0 aliphatic carbocycles. The summed E-state index contributed by atoms with van der Waals surface area (Å²) in [5.41, 5.74) is 7.85. The Kier molecular flexibility index (Phi) is 8.09. The van der Waals surface area contributed by atoms with Gasteiger partial charge in [0.05, 0.1) is 30.4 Å². The quantitative estimate of drug-likeness (QED) is 0.288. The molecule has 0 saturated carbocycles. The highest BCUT2D eigenvalue weighted by atomic mass is 32.2. The zero-order chi connectivity index (χ0) is 29.0. The number of rotatable bonds is 10. The van der Waals surface area contributed by atoms with Gasteiger partial charge in [0.15, 0.2) is 5.03 Å². The molecule has 1 atom stereocenters. The van der Waals surface area contributed by atoms with Crippen molar-refractivity contribution in [3.05, 3.63) is 66.7 Å². The van der Waals surface area contributed by atoms with E-state index >= 15 is 0 Å². The van der Waals surface area contributed by atoms with E-state index in [1.165, 1.54) is 15.1 Å². The standard InChI is InChI=1S/C27H30N10O3S/c1-35-13-10-25(34-35)41(39,40)36-14-8-19(9-15-36)16-23(6-11-28)37-18-21(17-31-37)24-7-12-30-27(33-24)32-22-4-2-20(3-5-22)26(29)38/h2-5,7,10,12-13,17-19,23H,6,8-9,14-16H2,1H3,(H2,29,38)(H,30,32,33). The van der Waals surface area contributed by atoms with Gasteiger partial charge in [0.1, 0.15) is 0 Å². The second-order valence-corrected chi connectivity index (χ2v) is 11.9. The highest BCUT2D eigenvalue weighted by molar-refractivity contribution is 7.89. The van der Waals surface area contributed by atoms with Crippen LogP contribution >= 0.6 is 0 Å². The van der Waals surface area contributed by atoms with Crippen LogP contribution in [-0.2, 0) is 17.1 Å². The molecule has 1 aliphatic heterocycles. The number of nitrogens with zero attached hydrogens (tertiary/aromatic N) is 8. The SMILES string of the molecule is Cn1ccc(S(=O)(=O)N2CCC(CC(CC#N)n3cc(-c4ccnc(Nc5ccc(C(N)=O)cc5)n4)cn3)CC2)n1. The van der Waals surface area contributed by atoms with E-state index in [9.17, 15) is 18.5 Å². The zero-order valence-electron chi connectivity index (χ0n) is 22.5. The topological polar surface area (TPSA) is 178 Å². The molecule has 0 spiro atoms. The van der Waals surface area contributed by atoms with Crippen LogP contribution in [0.5, 0.6) is 0 Å². The molecule has 5 rings (SSSR count). The molecule has 13 nitrogen and oxygen atoms in total. The number of carbonyl (C=O) groups excluding carboxylic acids is 1. The first-order valence-electron chi connectivity index (χ1n) is 13.1. The monoisotopic (exact) mass is 574 g/mol. The van der Waals surface area contributed by atoms with Gasteiger partial charge >= 0.3 is 0 Å².